The molecule has 0 saturated carbocycles. The lowest BCUT2D eigenvalue weighted by atomic mass is 10.2. The fraction of sp³-hybridized carbons (Fsp3) is 0.471. The first-order chi connectivity index (χ1) is 11.3. The lowest BCUT2D eigenvalue weighted by Crippen LogP contribution is -2.60. The van der Waals surface area contributed by atoms with Crippen LogP contribution in [0.3, 0.4) is 0 Å². The normalized spacial score (nSPS) is 24.0. The molecule has 1 heterocycles. The number of halogens is 3. The number of alkyl halides is 3. The van der Waals surface area contributed by atoms with Gasteiger partial charge in [0.15, 0.2) is 0 Å². The van der Waals surface area contributed by atoms with Gasteiger partial charge in [-0.15, -0.1) is 0 Å². The highest BCUT2D eigenvalue weighted by Gasteiger charge is 2.40. The van der Waals surface area contributed by atoms with Crippen molar-refractivity contribution in [3.8, 4) is 0 Å². The van der Waals surface area contributed by atoms with E-state index < -0.39 is 9.96 Å². The summed E-state index contributed by atoms with van der Waals surface area (Å²) in [6.45, 7) is 5.06. The summed E-state index contributed by atoms with van der Waals surface area (Å²) in [5, 5.41) is 2.79. The summed E-state index contributed by atoms with van der Waals surface area (Å²) in [6, 6.07) is 9.52. The standard InChI is InChI=1S/C17H21Cl3N2O2/c1-12-10-22(11-13(2)24-12)16(17(18,19)20)21-15(23)9-8-14-6-4-3-5-7-14/h3-9,12-13,16H,10-11H2,1-2H3,(H,21,23)/b9-8+. The van der Waals surface area contributed by atoms with E-state index in [4.69, 9.17) is 39.5 Å². The number of rotatable bonds is 4. The number of hydrogen-bond acceptors (Lipinski definition) is 3. The highest BCUT2D eigenvalue weighted by Crippen LogP contribution is 2.33. The van der Waals surface area contributed by atoms with Crippen LogP contribution in [-0.2, 0) is 9.53 Å². The van der Waals surface area contributed by atoms with Crippen LogP contribution in [0.1, 0.15) is 19.4 Å². The van der Waals surface area contributed by atoms with Crippen molar-refractivity contribution in [2.75, 3.05) is 13.1 Å². The van der Waals surface area contributed by atoms with E-state index in [0.29, 0.717) is 13.1 Å². The van der Waals surface area contributed by atoms with Crippen LogP contribution in [0.15, 0.2) is 36.4 Å². The zero-order valence-electron chi connectivity index (χ0n) is 13.6. The number of nitrogens with zero attached hydrogens (tertiary/aromatic N) is 1. The van der Waals surface area contributed by atoms with E-state index in [1.165, 1.54) is 6.08 Å². The molecule has 3 atom stereocenters. The Balaban J connectivity index is 2.06. The molecule has 3 unspecified atom stereocenters. The van der Waals surface area contributed by atoms with E-state index in [0.717, 1.165) is 5.56 Å². The molecule has 0 aromatic heterocycles. The minimum atomic E-state index is -1.65. The fourth-order valence-corrected chi connectivity index (χ4v) is 3.31. The molecule has 132 valence electrons. The molecule has 1 aromatic rings. The molecule has 0 radical (unpaired) electrons. The number of morpholine rings is 1. The van der Waals surface area contributed by atoms with Gasteiger partial charge in [0.05, 0.1) is 12.2 Å². The Bertz CT molecular complexity index is 565. The lowest BCUT2D eigenvalue weighted by Gasteiger charge is -2.42. The summed E-state index contributed by atoms with van der Waals surface area (Å²) < 4.78 is 4.05. The minimum Gasteiger partial charge on any atom is -0.373 e. The summed E-state index contributed by atoms with van der Waals surface area (Å²) in [7, 11) is 0. The van der Waals surface area contributed by atoms with Crippen molar-refractivity contribution in [1.82, 2.24) is 10.2 Å². The summed E-state index contributed by atoms with van der Waals surface area (Å²) in [6.07, 6.45) is 2.42. The van der Waals surface area contributed by atoms with E-state index in [1.54, 1.807) is 6.08 Å². The second-order valence-corrected chi connectivity index (χ2v) is 8.28. The van der Waals surface area contributed by atoms with E-state index in [9.17, 15) is 4.79 Å². The van der Waals surface area contributed by atoms with Gasteiger partial charge in [0, 0.05) is 19.2 Å². The van der Waals surface area contributed by atoms with Gasteiger partial charge in [0.2, 0.25) is 9.70 Å². The summed E-state index contributed by atoms with van der Waals surface area (Å²) in [5.41, 5.74) is 0.923. The van der Waals surface area contributed by atoms with Crippen LogP contribution in [0.4, 0.5) is 0 Å². The molecule has 1 aliphatic rings. The first-order valence-corrected chi connectivity index (χ1v) is 8.89. The van der Waals surface area contributed by atoms with Crippen molar-refractivity contribution in [2.24, 2.45) is 0 Å². The fourth-order valence-electron chi connectivity index (χ4n) is 2.73. The molecule has 1 aromatic carbocycles. The largest absolute Gasteiger partial charge is 0.373 e. The second-order valence-electron chi connectivity index (χ2n) is 5.91. The van der Waals surface area contributed by atoms with E-state index in [1.807, 2.05) is 49.1 Å². The average Bonchev–Trinajstić information content (AvgIpc) is 2.49. The van der Waals surface area contributed by atoms with Gasteiger partial charge < -0.3 is 10.1 Å². The van der Waals surface area contributed by atoms with Crippen molar-refractivity contribution in [3.63, 3.8) is 0 Å². The number of carbonyl (C=O) groups is 1. The highest BCUT2D eigenvalue weighted by molar-refractivity contribution is 6.68. The van der Waals surface area contributed by atoms with Crippen LogP contribution >= 0.6 is 34.8 Å². The molecule has 1 amide bonds. The Morgan fingerprint density at radius 2 is 1.83 bits per heavy atom. The topological polar surface area (TPSA) is 41.6 Å². The molecule has 1 aliphatic heterocycles. The van der Waals surface area contributed by atoms with Gasteiger partial charge >= 0.3 is 0 Å². The summed E-state index contributed by atoms with van der Waals surface area (Å²) in [5.74, 6) is -0.318. The molecule has 2 rings (SSSR count). The van der Waals surface area contributed by atoms with Gasteiger partial charge in [-0.1, -0.05) is 65.1 Å². The van der Waals surface area contributed by atoms with Crippen LogP contribution in [0.2, 0.25) is 0 Å². The number of benzene rings is 1. The van der Waals surface area contributed by atoms with Gasteiger partial charge in [-0.3, -0.25) is 9.69 Å². The Hall–Kier alpha value is -0.780. The molecule has 4 nitrogen and oxygen atoms in total. The zero-order valence-corrected chi connectivity index (χ0v) is 15.9. The molecular weight excluding hydrogens is 371 g/mol. The SMILES string of the molecule is CC1CN(C(NC(=O)/C=C/c2ccccc2)C(Cl)(Cl)Cl)CC(C)O1. The molecule has 7 heteroatoms. The number of amides is 1. The highest BCUT2D eigenvalue weighted by atomic mass is 35.6. The molecule has 0 spiro atoms. The molecule has 1 N–H and O–H groups in total. The smallest absolute Gasteiger partial charge is 0.245 e. The molecule has 1 fully saturated rings. The molecule has 0 bridgehead atoms. The third-order valence-corrected chi connectivity index (χ3v) is 4.25. The van der Waals surface area contributed by atoms with E-state index in [2.05, 4.69) is 5.32 Å². The van der Waals surface area contributed by atoms with E-state index in [-0.39, 0.29) is 18.1 Å². The third kappa shape index (κ3) is 5.94. The predicted octanol–water partition coefficient (Wildman–Crippen LogP) is 3.62. The number of hydrogen-bond donors (Lipinski definition) is 1. The quantitative estimate of drug-likeness (QED) is 0.629. The molecule has 1 saturated heterocycles. The maximum atomic E-state index is 12.2. The predicted molar refractivity (Wildman–Crippen MR) is 99.3 cm³/mol. The van der Waals surface area contributed by atoms with Crippen molar-refractivity contribution in [2.45, 2.75) is 36.0 Å². The van der Waals surface area contributed by atoms with Crippen molar-refractivity contribution in [1.29, 1.82) is 0 Å². The average molecular weight is 392 g/mol. The lowest BCUT2D eigenvalue weighted by molar-refractivity contribution is -0.121. The first-order valence-electron chi connectivity index (χ1n) is 7.75. The molecule has 24 heavy (non-hydrogen) atoms. The molecule has 0 aliphatic carbocycles. The van der Waals surface area contributed by atoms with Crippen LogP contribution in [0, 0.1) is 0 Å². The van der Waals surface area contributed by atoms with Crippen LogP contribution in [0.5, 0.6) is 0 Å². The maximum Gasteiger partial charge on any atom is 0.245 e. The Labute approximate surface area is 157 Å². The summed E-state index contributed by atoms with van der Waals surface area (Å²) in [4.78, 5) is 14.2. The van der Waals surface area contributed by atoms with Gasteiger partial charge in [0.25, 0.3) is 0 Å². The second kappa shape index (κ2) is 8.54. The number of ether oxygens (including phenoxy) is 1. The van der Waals surface area contributed by atoms with Crippen LogP contribution in [0.25, 0.3) is 6.08 Å². The first kappa shape index (κ1) is 19.5. The molecular formula is C17H21Cl3N2O2. The Morgan fingerprint density at radius 3 is 2.38 bits per heavy atom. The van der Waals surface area contributed by atoms with E-state index >= 15 is 0 Å². The monoisotopic (exact) mass is 390 g/mol. The maximum absolute atomic E-state index is 12.2. The van der Waals surface area contributed by atoms with Gasteiger partial charge in [0.1, 0.15) is 6.17 Å². The summed E-state index contributed by atoms with van der Waals surface area (Å²) >= 11 is 18.3. The Kier molecular flexibility index (Phi) is 6.96. The van der Waals surface area contributed by atoms with Gasteiger partial charge in [-0.05, 0) is 25.5 Å². The van der Waals surface area contributed by atoms with Crippen LogP contribution in [-0.4, -0.2) is 46.1 Å². The van der Waals surface area contributed by atoms with Crippen molar-refractivity contribution >= 4 is 46.8 Å². The minimum absolute atomic E-state index is 0.000336. The van der Waals surface area contributed by atoms with Gasteiger partial charge in [-0.2, -0.15) is 0 Å². The van der Waals surface area contributed by atoms with Gasteiger partial charge in [-0.25, -0.2) is 0 Å². The van der Waals surface area contributed by atoms with Crippen LogP contribution < -0.4 is 5.32 Å². The third-order valence-electron chi connectivity index (χ3n) is 3.63. The number of carbonyl (C=O) groups excluding carboxylic acids is 1. The zero-order chi connectivity index (χ0) is 17.7. The van der Waals surface area contributed by atoms with Crippen molar-refractivity contribution in [3.05, 3.63) is 42.0 Å². The number of nitrogens with one attached hydrogen (secondary N) is 1. The van der Waals surface area contributed by atoms with Crippen molar-refractivity contribution < 1.29 is 9.53 Å². The Morgan fingerprint density at radius 1 is 1.25 bits per heavy atom.